The number of benzene rings is 2. The third-order valence-corrected chi connectivity index (χ3v) is 3.57. The van der Waals surface area contributed by atoms with Crippen molar-refractivity contribution in [3.63, 3.8) is 0 Å². The van der Waals surface area contributed by atoms with Crippen molar-refractivity contribution in [1.82, 2.24) is 9.55 Å². The lowest BCUT2D eigenvalue weighted by Gasteiger charge is -2.08. The highest BCUT2D eigenvalue weighted by Crippen LogP contribution is 2.28. The molecule has 2 N–H and O–H groups in total. The second-order valence-electron chi connectivity index (χ2n) is 5.06. The van der Waals surface area contributed by atoms with Crippen molar-refractivity contribution >= 4 is 16.7 Å². The van der Waals surface area contributed by atoms with Crippen molar-refractivity contribution < 1.29 is 4.74 Å². The number of nitrogen functional groups attached to an aromatic ring is 1. The van der Waals surface area contributed by atoms with E-state index >= 15 is 0 Å². The summed E-state index contributed by atoms with van der Waals surface area (Å²) in [5.41, 5.74) is 9.69. The van der Waals surface area contributed by atoms with Crippen LogP contribution in [0.3, 0.4) is 0 Å². The Hall–Kier alpha value is -2.49. The maximum absolute atomic E-state index is 5.77. The SMILES string of the molecule is CCCn1c(-c2ccc(N)cc2)nc2cc(OC)ccc21. The quantitative estimate of drug-likeness (QED) is 0.742. The lowest BCUT2D eigenvalue weighted by molar-refractivity contribution is 0.415. The molecule has 0 aliphatic carbocycles. The number of fused-ring (bicyclic) bond motifs is 1. The minimum absolute atomic E-state index is 0.763. The maximum atomic E-state index is 5.77. The second-order valence-corrected chi connectivity index (χ2v) is 5.06. The minimum Gasteiger partial charge on any atom is -0.497 e. The number of aromatic nitrogens is 2. The van der Waals surface area contributed by atoms with Gasteiger partial charge in [-0.1, -0.05) is 6.92 Å². The van der Waals surface area contributed by atoms with Crippen molar-refractivity contribution in [3.8, 4) is 17.1 Å². The zero-order valence-corrected chi connectivity index (χ0v) is 12.3. The summed E-state index contributed by atoms with van der Waals surface area (Å²) >= 11 is 0. The molecule has 4 nitrogen and oxygen atoms in total. The molecule has 0 saturated carbocycles. The Morgan fingerprint density at radius 3 is 2.57 bits per heavy atom. The van der Waals surface area contributed by atoms with E-state index in [0.717, 1.165) is 46.8 Å². The molecule has 0 spiro atoms. The third kappa shape index (κ3) is 2.44. The highest BCUT2D eigenvalue weighted by atomic mass is 16.5. The first-order valence-corrected chi connectivity index (χ1v) is 7.13. The van der Waals surface area contributed by atoms with E-state index in [0.29, 0.717) is 0 Å². The molecule has 0 radical (unpaired) electrons. The number of aryl methyl sites for hydroxylation is 1. The molecule has 21 heavy (non-hydrogen) atoms. The Morgan fingerprint density at radius 1 is 1.14 bits per heavy atom. The topological polar surface area (TPSA) is 53.1 Å². The van der Waals surface area contributed by atoms with Crippen LogP contribution in [0.25, 0.3) is 22.4 Å². The first kappa shape index (κ1) is 13.5. The Morgan fingerprint density at radius 2 is 1.90 bits per heavy atom. The van der Waals surface area contributed by atoms with Crippen LogP contribution in [0.5, 0.6) is 5.75 Å². The molecule has 3 aromatic rings. The van der Waals surface area contributed by atoms with Crippen LogP contribution in [0.15, 0.2) is 42.5 Å². The summed E-state index contributed by atoms with van der Waals surface area (Å²) in [6, 6.07) is 13.9. The smallest absolute Gasteiger partial charge is 0.141 e. The molecule has 0 atom stereocenters. The summed E-state index contributed by atoms with van der Waals surface area (Å²) in [4.78, 5) is 4.78. The van der Waals surface area contributed by atoms with Gasteiger partial charge in [-0.25, -0.2) is 4.98 Å². The normalized spacial score (nSPS) is 11.0. The van der Waals surface area contributed by atoms with Gasteiger partial charge in [0.05, 0.1) is 18.1 Å². The van der Waals surface area contributed by atoms with Gasteiger partial charge in [-0.3, -0.25) is 0 Å². The molecule has 4 heteroatoms. The number of ether oxygens (including phenoxy) is 1. The largest absolute Gasteiger partial charge is 0.497 e. The fraction of sp³-hybridized carbons (Fsp3) is 0.235. The molecule has 0 amide bonds. The highest BCUT2D eigenvalue weighted by molar-refractivity contribution is 5.82. The maximum Gasteiger partial charge on any atom is 0.141 e. The van der Waals surface area contributed by atoms with E-state index in [1.54, 1.807) is 7.11 Å². The van der Waals surface area contributed by atoms with Crippen LogP contribution in [-0.2, 0) is 6.54 Å². The van der Waals surface area contributed by atoms with Gasteiger partial charge in [-0.15, -0.1) is 0 Å². The highest BCUT2D eigenvalue weighted by Gasteiger charge is 2.12. The minimum atomic E-state index is 0.763. The number of anilines is 1. The third-order valence-electron chi connectivity index (χ3n) is 3.57. The first-order chi connectivity index (χ1) is 10.2. The van der Waals surface area contributed by atoms with E-state index in [1.165, 1.54) is 0 Å². The van der Waals surface area contributed by atoms with Gasteiger partial charge in [0.1, 0.15) is 11.6 Å². The van der Waals surface area contributed by atoms with E-state index in [-0.39, 0.29) is 0 Å². The summed E-state index contributed by atoms with van der Waals surface area (Å²) in [7, 11) is 1.67. The number of hydrogen-bond donors (Lipinski definition) is 1. The van der Waals surface area contributed by atoms with Crippen LogP contribution < -0.4 is 10.5 Å². The lowest BCUT2D eigenvalue weighted by atomic mass is 10.2. The van der Waals surface area contributed by atoms with Crippen molar-refractivity contribution in [2.75, 3.05) is 12.8 Å². The van der Waals surface area contributed by atoms with Gasteiger partial charge >= 0.3 is 0 Å². The van der Waals surface area contributed by atoms with E-state index < -0.39 is 0 Å². The van der Waals surface area contributed by atoms with E-state index in [2.05, 4.69) is 17.6 Å². The Labute approximate surface area is 124 Å². The molecule has 0 fully saturated rings. The molecule has 0 bridgehead atoms. The predicted molar refractivity (Wildman–Crippen MR) is 86.4 cm³/mol. The number of imidazole rings is 1. The Balaban J connectivity index is 2.20. The molecule has 0 unspecified atom stereocenters. The van der Waals surface area contributed by atoms with E-state index in [9.17, 15) is 0 Å². The predicted octanol–water partition coefficient (Wildman–Crippen LogP) is 3.70. The molecule has 1 aromatic heterocycles. The summed E-state index contributed by atoms with van der Waals surface area (Å²) in [6.07, 6.45) is 1.06. The number of methoxy groups -OCH3 is 1. The molecular formula is C17H19N3O. The van der Waals surface area contributed by atoms with Crippen molar-refractivity contribution in [3.05, 3.63) is 42.5 Å². The zero-order valence-electron chi connectivity index (χ0n) is 12.3. The van der Waals surface area contributed by atoms with Gasteiger partial charge in [0.15, 0.2) is 0 Å². The van der Waals surface area contributed by atoms with Crippen LogP contribution in [0.4, 0.5) is 5.69 Å². The number of hydrogen-bond acceptors (Lipinski definition) is 3. The van der Waals surface area contributed by atoms with Crippen molar-refractivity contribution in [1.29, 1.82) is 0 Å². The summed E-state index contributed by atoms with van der Waals surface area (Å²) < 4.78 is 7.54. The fourth-order valence-corrected chi connectivity index (χ4v) is 2.54. The molecule has 3 rings (SSSR count). The average molecular weight is 281 g/mol. The van der Waals surface area contributed by atoms with Crippen molar-refractivity contribution in [2.45, 2.75) is 19.9 Å². The van der Waals surface area contributed by atoms with Gasteiger partial charge in [0.2, 0.25) is 0 Å². The summed E-state index contributed by atoms with van der Waals surface area (Å²) in [5.74, 6) is 1.80. The van der Waals surface area contributed by atoms with Gasteiger partial charge in [0.25, 0.3) is 0 Å². The second kappa shape index (κ2) is 5.48. The number of nitrogens with zero attached hydrogens (tertiary/aromatic N) is 2. The monoisotopic (exact) mass is 281 g/mol. The number of rotatable bonds is 4. The van der Waals surface area contributed by atoms with Gasteiger partial charge in [-0.2, -0.15) is 0 Å². The van der Waals surface area contributed by atoms with Gasteiger partial charge < -0.3 is 15.0 Å². The van der Waals surface area contributed by atoms with Crippen LogP contribution in [0.1, 0.15) is 13.3 Å². The summed E-state index contributed by atoms with van der Waals surface area (Å²) in [6.45, 7) is 3.10. The van der Waals surface area contributed by atoms with Gasteiger partial charge in [-0.05, 0) is 42.8 Å². The van der Waals surface area contributed by atoms with Crippen LogP contribution in [0, 0.1) is 0 Å². The molecule has 0 aliphatic heterocycles. The fourth-order valence-electron chi connectivity index (χ4n) is 2.54. The Bertz CT molecular complexity index is 760. The molecule has 2 aromatic carbocycles. The molecular weight excluding hydrogens is 262 g/mol. The number of nitrogens with two attached hydrogens (primary N) is 1. The van der Waals surface area contributed by atoms with Crippen LogP contribution in [0.2, 0.25) is 0 Å². The molecule has 0 aliphatic rings. The Kier molecular flexibility index (Phi) is 3.52. The molecule has 1 heterocycles. The first-order valence-electron chi connectivity index (χ1n) is 7.13. The van der Waals surface area contributed by atoms with E-state index in [4.69, 9.17) is 15.5 Å². The molecule has 0 saturated heterocycles. The van der Waals surface area contributed by atoms with Gasteiger partial charge in [0, 0.05) is 23.9 Å². The van der Waals surface area contributed by atoms with Crippen LogP contribution >= 0.6 is 0 Å². The standard InChI is InChI=1S/C17H19N3O/c1-3-10-20-16-9-8-14(21-2)11-15(16)19-17(20)12-4-6-13(18)7-5-12/h4-9,11H,3,10,18H2,1-2H3. The average Bonchev–Trinajstić information content (AvgIpc) is 2.86. The van der Waals surface area contributed by atoms with E-state index in [1.807, 2.05) is 36.4 Å². The van der Waals surface area contributed by atoms with Crippen LogP contribution in [-0.4, -0.2) is 16.7 Å². The lowest BCUT2D eigenvalue weighted by Crippen LogP contribution is -1.99. The van der Waals surface area contributed by atoms with Crippen molar-refractivity contribution in [2.24, 2.45) is 0 Å². The summed E-state index contributed by atoms with van der Waals surface area (Å²) in [5, 5.41) is 0. The zero-order chi connectivity index (χ0) is 14.8. The molecule has 108 valence electrons.